The van der Waals surface area contributed by atoms with Gasteiger partial charge in [0.15, 0.2) is 0 Å². The van der Waals surface area contributed by atoms with Gasteiger partial charge in [-0.15, -0.1) is 10.2 Å². The van der Waals surface area contributed by atoms with Crippen LogP contribution in [0.25, 0.3) is 11.5 Å². The minimum Gasteiger partial charge on any atom is -0.421 e. The molecule has 0 aliphatic heterocycles. The predicted molar refractivity (Wildman–Crippen MR) is 96.3 cm³/mol. The van der Waals surface area contributed by atoms with E-state index >= 15 is 0 Å². The Morgan fingerprint density at radius 2 is 1.80 bits per heavy atom. The molecule has 128 valence electrons. The van der Waals surface area contributed by atoms with Gasteiger partial charge < -0.3 is 9.73 Å². The monoisotopic (exact) mass is 335 g/mol. The summed E-state index contributed by atoms with van der Waals surface area (Å²) in [6, 6.07) is 17.4. The Bertz CT molecular complexity index is 826. The van der Waals surface area contributed by atoms with E-state index in [0.29, 0.717) is 29.8 Å². The van der Waals surface area contributed by atoms with E-state index in [4.69, 9.17) is 4.42 Å². The lowest BCUT2D eigenvalue weighted by atomic mass is 9.96. The van der Waals surface area contributed by atoms with Crippen LogP contribution in [0, 0.1) is 6.92 Å². The van der Waals surface area contributed by atoms with E-state index in [9.17, 15) is 4.79 Å². The molecule has 0 spiro atoms. The summed E-state index contributed by atoms with van der Waals surface area (Å²) in [4.78, 5) is 12.4. The Labute approximate surface area is 147 Å². The summed E-state index contributed by atoms with van der Waals surface area (Å²) < 4.78 is 5.39. The second kappa shape index (κ2) is 7.75. The normalized spacial score (nSPS) is 11.9. The van der Waals surface area contributed by atoms with Crippen LogP contribution in [0.2, 0.25) is 0 Å². The fourth-order valence-corrected chi connectivity index (χ4v) is 2.72. The van der Waals surface area contributed by atoms with Crippen LogP contribution in [-0.4, -0.2) is 22.6 Å². The Morgan fingerprint density at radius 3 is 2.40 bits per heavy atom. The Balaban J connectivity index is 1.63. The highest BCUT2D eigenvalue weighted by molar-refractivity contribution is 5.94. The molecule has 1 unspecified atom stereocenters. The maximum atomic E-state index is 12.4. The van der Waals surface area contributed by atoms with Gasteiger partial charge in [0.25, 0.3) is 5.91 Å². The molecule has 0 fully saturated rings. The van der Waals surface area contributed by atoms with Gasteiger partial charge in [0.05, 0.1) is 0 Å². The maximum absolute atomic E-state index is 12.4. The number of benzene rings is 2. The van der Waals surface area contributed by atoms with Gasteiger partial charge in [-0.3, -0.25) is 4.79 Å². The lowest BCUT2D eigenvalue weighted by molar-refractivity contribution is 0.0951. The third-order valence-corrected chi connectivity index (χ3v) is 4.19. The molecule has 25 heavy (non-hydrogen) atoms. The number of carbonyl (C=O) groups is 1. The SMILES string of the molecule is CCC(CNC(=O)c1ccc(-c2nnc(C)o2)cc1)c1ccccc1. The Morgan fingerprint density at radius 1 is 1.08 bits per heavy atom. The second-order valence-electron chi connectivity index (χ2n) is 5.93. The zero-order valence-corrected chi connectivity index (χ0v) is 14.4. The molecule has 1 aromatic heterocycles. The Kier molecular flexibility index (Phi) is 5.23. The third kappa shape index (κ3) is 4.12. The van der Waals surface area contributed by atoms with Gasteiger partial charge in [-0.1, -0.05) is 37.3 Å². The first-order valence-electron chi connectivity index (χ1n) is 8.41. The standard InChI is InChI=1S/C20H21N3O2/c1-3-15(16-7-5-4-6-8-16)13-21-19(24)17-9-11-18(12-10-17)20-23-22-14(2)25-20/h4-12,15H,3,13H2,1-2H3,(H,21,24). The summed E-state index contributed by atoms with van der Waals surface area (Å²) in [6.07, 6.45) is 0.972. The largest absolute Gasteiger partial charge is 0.421 e. The van der Waals surface area contributed by atoms with Crippen molar-refractivity contribution in [3.8, 4) is 11.5 Å². The number of nitrogens with zero attached hydrogens (tertiary/aromatic N) is 2. The molecule has 0 bridgehead atoms. The van der Waals surface area contributed by atoms with Crippen LogP contribution in [0.15, 0.2) is 59.0 Å². The molecule has 2 aromatic carbocycles. The number of carbonyl (C=O) groups excluding carboxylic acids is 1. The van der Waals surface area contributed by atoms with Crippen molar-refractivity contribution in [1.82, 2.24) is 15.5 Å². The van der Waals surface area contributed by atoms with Gasteiger partial charge in [0, 0.05) is 30.5 Å². The van der Waals surface area contributed by atoms with Crippen molar-refractivity contribution >= 4 is 5.91 Å². The summed E-state index contributed by atoms with van der Waals surface area (Å²) in [7, 11) is 0. The van der Waals surface area contributed by atoms with Crippen molar-refractivity contribution in [3.63, 3.8) is 0 Å². The topological polar surface area (TPSA) is 68.0 Å². The minimum absolute atomic E-state index is 0.0809. The van der Waals surface area contributed by atoms with Crippen LogP contribution in [0.3, 0.4) is 0 Å². The highest BCUT2D eigenvalue weighted by Crippen LogP contribution is 2.20. The summed E-state index contributed by atoms with van der Waals surface area (Å²) >= 11 is 0. The highest BCUT2D eigenvalue weighted by Gasteiger charge is 2.13. The van der Waals surface area contributed by atoms with Crippen molar-refractivity contribution in [3.05, 3.63) is 71.6 Å². The van der Waals surface area contributed by atoms with E-state index in [2.05, 4.69) is 34.6 Å². The number of rotatable bonds is 6. The lowest BCUT2D eigenvalue weighted by Gasteiger charge is -2.16. The first-order chi connectivity index (χ1) is 12.2. The second-order valence-corrected chi connectivity index (χ2v) is 5.93. The molecule has 0 saturated carbocycles. The van der Waals surface area contributed by atoms with Gasteiger partial charge in [0.2, 0.25) is 11.8 Å². The number of hydrogen-bond acceptors (Lipinski definition) is 4. The zero-order valence-electron chi connectivity index (χ0n) is 14.4. The van der Waals surface area contributed by atoms with Gasteiger partial charge in [-0.2, -0.15) is 0 Å². The molecule has 5 heteroatoms. The van der Waals surface area contributed by atoms with E-state index in [1.165, 1.54) is 5.56 Å². The van der Waals surface area contributed by atoms with Crippen molar-refractivity contribution < 1.29 is 9.21 Å². The molecule has 1 heterocycles. The van der Waals surface area contributed by atoms with E-state index in [1.54, 1.807) is 19.1 Å². The first-order valence-corrected chi connectivity index (χ1v) is 8.41. The van der Waals surface area contributed by atoms with E-state index in [1.807, 2.05) is 30.3 Å². The van der Waals surface area contributed by atoms with E-state index in [0.717, 1.165) is 12.0 Å². The predicted octanol–water partition coefficient (Wildman–Crippen LogP) is 3.97. The minimum atomic E-state index is -0.0809. The summed E-state index contributed by atoms with van der Waals surface area (Å²) in [5.41, 5.74) is 2.66. The highest BCUT2D eigenvalue weighted by atomic mass is 16.4. The maximum Gasteiger partial charge on any atom is 0.251 e. The van der Waals surface area contributed by atoms with E-state index < -0.39 is 0 Å². The molecular weight excluding hydrogens is 314 g/mol. The van der Waals surface area contributed by atoms with Gasteiger partial charge in [-0.05, 0) is 36.2 Å². The van der Waals surface area contributed by atoms with Crippen molar-refractivity contribution in [2.45, 2.75) is 26.2 Å². The number of aromatic nitrogens is 2. The van der Waals surface area contributed by atoms with Crippen LogP contribution in [0.1, 0.15) is 41.1 Å². The summed E-state index contributed by atoms with van der Waals surface area (Å²) in [5.74, 6) is 1.20. The molecule has 0 aliphatic carbocycles. The molecular formula is C20H21N3O2. The van der Waals surface area contributed by atoms with Gasteiger partial charge >= 0.3 is 0 Å². The molecule has 0 saturated heterocycles. The van der Waals surface area contributed by atoms with Gasteiger partial charge in [-0.25, -0.2) is 0 Å². The van der Waals surface area contributed by atoms with Crippen LogP contribution in [0.5, 0.6) is 0 Å². The average molecular weight is 335 g/mol. The quantitative estimate of drug-likeness (QED) is 0.740. The molecule has 0 aliphatic rings. The van der Waals surface area contributed by atoms with Crippen LogP contribution in [0.4, 0.5) is 0 Å². The fourth-order valence-electron chi connectivity index (χ4n) is 2.72. The van der Waals surface area contributed by atoms with Crippen molar-refractivity contribution in [2.24, 2.45) is 0 Å². The van der Waals surface area contributed by atoms with Crippen LogP contribution >= 0.6 is 0 Å². The molecule has 1 amide bonds. The van der Waals surface area contributed by atoms with Crippen molar-refractivity contribution in [2.75, 3.05) is 6.54 Å². The molecule has 1 atom stereocenters. The lowest BCUT2D eigenvalue weighted by Crippen LogP contribution is -2.28. The first kappa shape index (κ1) is 16.9. The smallest absolute Gasteiger partial charge is 0.251 e. The molecule has 0 radical (unpaired) electrons. The average Bonchev–Trinajstić information content (AvgIpc) is 3.09. The van der Waals surface area contributed by atoms with E-state index in [-0.39, 0.29) is 5.91 Å². The summed E-state index contributed by atoms with van der Waals surface area (Å²) in [6.45, 7) is 4.49. The van der Waals surface area contributed by atoms with Crippen LogP contribution < -0.4 is 5.32 Å². The van der Waals surface area contributed by atoms with Crippen molar-refractivity contribution in [1.29, 1.82) is 0 Å². The molecule has 3 aromatic rings. The zero-order chi connectivity index (χ0) is 17.6. The van der Waals surface area contributed by atoms with Crippen LogP contribution in [-0.2, 0) is 0 Å². The van der Waals surface area contributed by atoms with Gasteiger partial charge in [0.1, 0.15) is 0 Å². The number of nitrogens with one attached hydrogen (secondary N) is 1. The fraction of sp³-hybridized carbons (Fsp3) is 0.250. The molecule has 1 N–H and O–H groups in total. The third-order valence-electron chi connectivity index (χ3n) is 4.19. The molecule has 5 nitrogen and oxygen atoms in total. The molecule has 3 rings (SSSR count). The number of amides is 1. The number of hydrogen-bond donors (Lipinski definition) is 1. The summed E-state index contributed by atoms with van der Waals surface area (Å²) in [5, 5.41) is 10.8. The Hall–Kier alpha value is -2.95. The number of aryl methyl sites for hydroxylation is 1.